The Morgan fingerprint density at radius 3 is 2.57 bits per heavy atom. The number of nitrogens with zero attached hydrogens (tertiary/aromatic N) is 3. The molecule has 8 nitrogen and oxygen atoms in total. The van der Waals surface area contributed by atoms with E-state index in [1.54, 1.807) is 4.90 Å². The first-order valence-corrected chi connectivity index (χ1v) is 8.70. The molecule has 2 rings (SSSR count). The molecule has 1 aliphatic heterocycles. The van der Waals surface area contributed by atoms with E-state index < -0.39 is 10.0 Å². The molecule has 23 heavy (non-hydrogen) atoms. The monoisotopic (exact) mass is 340 g/mol. The molecule has 0 spiro atoms. The number of hydrogen-bond acceptors (Lipinski definition) is 5. The van der Waals surface area contributed by atoms with Gasteiger partial charge < -0.3 is 10.6 Å². The lowest BCUT2D eigenvalue weighted by Gasteiger charge is -2.31. The number of nitrogens with two attached hydrogens (primary N) is 1. The molecule has 1 aromatic heterocycles. The molecule has 1 aromatic rings. The number of sulfonamides is 1. The minimum absolute atomic E-state index is 0.0442. The topological polar surface area (TPSA) is 114 Å². The molecule has 0 aliphatic carbocycles. The zero-order chi connectivity index (χ0) is 17.0. The van der Waals surface area contributed by atoms with Gasteiger partial charge in [0.05, 0.1) is 6.54 Å². The van der Waals surface area contributed by atoms with Gasteiger partial charge in [0.2, 0.25) is 21.8 Å². The number of primary amides is 1. The number of likely N-dealkylation sites (N-methyl/N-ethyl adjacent to an activating group) is 1. The van der Waals surface area contributed by atoms with Gasteiger partial charge in [0.25, 0.3) is 0 Å². The van der Waals surface area contributed by atoms with Crippen molar-refractivity contribution in [2.45, 2.75) is 17.7 Å². The number of likely N-dealkylation sites (tertiary alicyclic amines) is 1. The van der Waals surface area contributed by atoms with Crippen LogP contribution in [0.15, 0.2) is 29.4 Å². The Balaban J connectivity index is 1.97. The number of piperidine rings is 1. The largest absolute Gasteiger partial charge is 0.369 e. The Bertz CT molecular complexity index is 669. The minimum atomic E-state index is -3.75. The van der Waals surface area contributed by atoms with E-state index in [4.69, 9.17) is 5.73 Å². The van der Waals surface area contributed by atoms with Crippen LogP contribution in [0.1, 0.15) is 12.8 Å². The molecule has 0 saturated carbocycles. The van der Waals surface area contributed by atoms with Gasteiger partial charge in [-0.15, -0.1) is 0 Å². The highest BCUT2D eigenvalue weighted by molar-refractivity contribution is 7.89. The maximum absolute atomic E-state index is 12.3. The highest BCUT2D eigenvalue weighted by atomic mass is 32.2. The number of hydrogen-bond donors (Lipinski definition) is 1. The fourth-order valence-corrected chi connectivity index (χ4v) is 3.55. The van der Waals surface area contributed by atoms with Crippen molar-refractivity contribution in [1.82, 2.24) is 14.2 Å². The summed E-state index contributed by atoms with van der Waals surface area (Å²) in [7, 11) is -2.39. The lowest BCUT2D eigenvalue weighted by Crippen LogP contribution is -2.46. The fourth-order valence-electron chi connectivity index (χ4n) is 2.47. The van der Waals surface area contributed by atoms with Gasteiger partial charge in [-0.2, -0.15) is 4.31 Å². The second kappa shape index (κ2) is 7.05. The average Bonchev–Trinajstić information content (AvgIpc) is 2.55. The van der Waals surface area contributed by atoms with Crippen molar-refractivity contribution in [3.05, 3.63) is 24.5 Å². The summed E-state index contributed by atoms with van der Waals surface area (Å²) in [6.07, 6.45) is 3.75. The number of pyridine rings is 1. The van der Waals surface area contributed by atoms with E-state index in [2.05, 4.69) is 4.98 Å². The molecule has 1 aliphatic rings. The molecule has 2 N–H and O–H groups in total. The van der Waals surface area contributed by atoms with Crippen LogP contribution in [-0.4, -0.2) is 61.1 Å². The number of aromatic nitrogens is 1. The van der Waals surface area contributed by atoms with Crippen LogP contribution in [0.2, 0.25) is 0 Å². The van der Waals surface area contributed by atoms with Crippen molar-refractivity contribution in [1.29, 1.82) is 0 Å². The molecule has 1 saturated heterocycles. The molecule has 1 fully saturated rings. The van der Waals surface area contributed by atoms with Gasteiger partial charge in [-0.3, -0.25) is 14.6 Å². The SMILES string of the molecule is CN(CC(=O)N1CCC(C(N)=O)CC1)S(=O)(=O)c1cccnc1. The third-order valence-electron chi connectivity index (χ3n) is 3.95. The second-order valence-electron chi connectivity index (χ2n) is 5.51. The van der Waals surface area contributed by atoms with Crippen LogP contribution in [-0.2, 0) is 19.6 Å². The first kappa shape index (κ1) is 17.4. The Hall–Kier alpha value is -2.00. The molecule has 0 unspecified atom stereocenters. The lowest BCUT2D eigenvalue weighted by atomic mass is 9.96. The van der Waals surface area contributed by atoms with Crippen LogP contribution in [0.5, 0.6) is 0 Å². The predicted octanol–water partition coefficient (Wildman–Crippen LogP) is -0.574. The first-order chi connectivity index (χ1) is 10.8. The van der Waals surface area contributed by atoms with Gasteiger partial charge >= 0.3 is 0 Å². The van der Waals surface area contributed by atoms with Gasteiger partial charge in [0.15, 0.2) is 0 Å². The lowest BCUT2D eigenvalue weighted by molar-refractivity contribution is -0.134. The Kier molecular flexibility index (Phi) is 5.32. The van der Waals surface area contributed by atoms with Crippen LogP contribution in [0.25, 0.3) is 0 Å². The standard InChI is InChI=1S/C14H20N4O4S/c1-17(23(21,22)12-3-2-6-16-9-12)10-13(19)18-7-4-11(5-8-18)14(15)20/h2-3,6,9,11H,4-5,7-8,10H2,1H3,(H2,15,20). The fraction of sp³-hybridized carbons (Fsp3) is 0.500. The van der Waals surface area contributed by atoms with E-state index in [0.717, 1.165) is 4.31 Å². The number of amides is 2. The molecule has 0 atom stereocenters. The number of carbonyl (C=O) groups is 2. The van der Waals surface area contributed by atoms with E-state index in [-0.39, 0.29) is 29.2 Å². The van der Waals surface area contributed by atoms with Crippen LogP contribution < -0.4 is 5.73 Å². The minimum Gasteiger partial charge on any atom is -0.369 e. The molecule has 2 amide bonds. The first-order valence-electron chi connectivity index (χ1n) is 7.26. The molecule has 0 aromatic carbocycles. The van der Waals surface area contributed by atoms with Crippen LogP contribution in [0.4, 0.5) is 0 Å². The van der Waals surface area contributed by atoms with Crippen molar-refractivity contribution in [2.75, 3.05) is 26.7 Å². The van der Waals surface area contributed by atoms with Crippen molar-refractivity contribution < 1.29 is 18.0 Å². The summed E-state index contributed by atoms with van der Waals surface area (Å²) in [5.41, 5.74) is 5.26. The Morgan fingerprint density at radius 2 is 2.04 bits per heavy atom. The summed E-state index contributed by atoms with van der Waals surface area (Å²) in [4.78, 5) is 28.8. The van der Waals surface area contributed by atoms with Gasteiger partial charge in [0, 0.05) is 38.4 Å². The van der Waals surface area contributed by atoms with Gasteiger partial charge in [-0.1, -0.05) is 0 Å². The van der Waals surface area contributed by atoms with Gasteiger partial charge in [-0.25, -0.2) is 8.42 Å². The second-order valence-corrected chi connectivity index (χ2v) is 7.55. The summed E-state index contributed by atoms with van der Waals surface area (Å²) in [5.74, 6) is -0.854. The molecule has 0 bridgehead atoms. The Labute approximate surface area is 135 Å². The van der Waals surface area contributed by atoms with Crippen molar-refractivity contribution >= 4 is 21.8 Å². The quantitative estimate of drug-likeness (QED) is 0.771. The highest BCUT2D eigenvalue weighted by Crippen LogP contribution is 2.18. The van der Waals surface area contributed by atoms with Crippen molar-refractivity contribution in [2.24, 2.45) is 11.7 Å². The number of carbonyl (C=O) groups excluding carboxylic acids is 2. The number of rotatable bonds is 5. The molecule has 9 heteroatoms. The van der Waals surface area contributed by atoms with Crippen LogP contribution in [0, 0.1) is 5.92 Å². The molecule has 126 valence electrons. The van der Waals surface area contributed by atoms with Gasteiger partial charge in [-0.05, 0) is 25.0 Å². The Morgan fingerprint density at radius 1 is 1.39 bits per heavy atom. The average molecular weight is 340 g/mol. The summed E-state index contributed by atoms with van der Waals surface area (Å²) in [6, 6.07) is 2.96. The summed E-state index contributed by atoms with van der Waals surface area (Å²) in [6.45, 7) is 0.568. The molecular formula is C14H20N4O4S. The third-order valence-corrected chi connectivity index (χ3v) is 5.74. The smallest absolute Gasteiger partial charge is 0.244 e. The van der Waals surface area contributed by atoms with Crippen molar-refractivity contribution in [3.8, 4) is 0 Å². The summed E-state index contributed by atoms with van der Waals surface area (Å²) < 4.78 is 25.7. The third kappa shape index (κ3) is 4.05. The maximum atomic E-state index is 12.3. The summed E-state index contributed by atoms with van der Waals surface area (Å²) in [5, 5.41) is 0. The van der Waals surface area contributed by atoms with E-state index >= 15 is 0 Å². The molecular weight excluding hydrogens is 320 g/mol. The maximum Gasteiger partial charge on any atom is 0.244 e. The predicted molar refractivity (Wildman–Crippen MR) is 82.6 cm³/mol. The van der Waals surface area contributed by atoms with E-state index in [9.17, 15) is 18.0 Å². The molecule has 2 heterocycles. The highest BCUT2D eigenvalue weighted by Gasteiger charge is 2.29. The summed E-state index contributed by atoms with van der Waals surface area (Å²) >= 11 is 0. The molecule has 0 radical (unpaired) electrons. The van der Waals surface area contributed by atoms with Crippen LogP contribution >= 0.6 is 0 Å². The van der Waals surface area contributed by atoms with Crippen LogP contribution in [0.3, 0.4) is 0 Å². The van der Waals surface area contributed by atoms with Crippen molar-refractivity contribution in [3.63, 3.8) is 0 Å². The van der Waals surface area contributed by atoms with E-state index in [1.807, 2.05) is 0 Å². The zero-order valence-electron chi connectivity index (χ0n) is 12.9. The van der Waals surface area contributed by atoms with E-state index in [0.29, 0.717) is 25.9 Å². The van der Waals surface area contributed by atoms with E-state index in [1.165, 1.54) is 31.6 Å². The van der Waals surface area contributed by atoms with Gasteiger partial charge in [0.1, 0.15) is 4.90 Å². The zero-order valence-corrected chi connectivity index (χ0v) is 13.7. The normalized spacial score (nSPS) is 16.5.